The Kier molecular flexibility index (Phi) is 7.25. The summed E-state index contributed by atoms with van der Waals surface area (Å²) in [6.07, 6.45) is 1.63. The first-order valence-electron chi connectivity index (χ1n) is 16.7. The number of benzene rings is 6. The van der Waals surface area contributed by atoms with Crippen LogP contribution in [-0.4, -0.2) is 15.0 Å². The maximum atomic E-state index is 6.46. The summed E-state index contributed by atoms with van der Waals surface area (Å²) in [6.45, 7) is 0. The van der Waals surface area contributed by atoms with E-state index >= 15 is 0 Å². The number of rotatable bonds is 6. The fraction of sp³-hybridized carbons (Fsp3) is 0.0444. The summed E-state index contributed by atoms with van der Waals surface area (Å²) < 4.78 is 6.46. The number of para-hydroxylation sites is 1. The summed E-state index contributed by atoms with van der Waals surface area (Å²) >= 11 is 0. The molecule has 4 nitrogen and oxygen atoms in total. The standard InChI is InChI=1S/C45H31N3O/c1-4-12-30(13-5-1)32-20-24-35(25-21-32)43-46-44(36-26-22-33(23-27-36)31-14-6-2-7-15-31)48-45(47-43)42-37(34-16-8-3-9-17-34)28-29-40-41(42)38-18-10-11-19-39(38)49-40/h1-27H,28-29H2. The van der Waals surface area contributed by atoms with Crippen LogP contribution in [0.15, 0.2) is 168 Å². The smallest absolute Gasteiger partial charge is 0.165 e. The van der Waals surface area contributed by atoms with Crippen molar-refractivity contribution in [1.29, 1.82) is 0 Å². The van der Waals surface area contributed by atoms with E-state index in [1.807, 2.05) is 24.3 Å². The third-order valence-electron chi connectivity index (χ3n) is 9.30. The zero-order chi connectivity index (χ0) is 32.6. The lowest BCUT2D eigenvalue weighted by Crippen LogP contribution is -2.09. The number of aromatic nitrogens is 3. The summed E-state index contributed by atoms with van der Waals surface area (Å²) in [5, 5.41) is 1.07. The van der Waals surface area contributed by atoms with E-state index in [0.29, 0.717) is 17.5 Å². The second kappa shape index (κ2) is 12.3. The van der Waals surface area contributed by atoms with Gasteiger partial charge in [0.2, 0.25) is 0 Å². The van der Waals surface area contributed by atoms with Crippen LogP contribution in [0.25, 0.3) is 67.1 Å². The summed E-state index contributed by atoms with van der Waals surface area (Å²) in [5.74, 6) is 2.88. The van der Waals surface area contributed by atoms with Crippen molar-refractivity contribution in [3.63, 3.8) is 0 Å². The Morgan fingerprint density at radius 3 is 1.35 bits per heavy atom. The molecule has 0 unspecified atom stereocenters. The predicted octanol–water partition coefficient (Wildman–Crippen LogP) is 11.2. The molecule has 0 amide bonds. The van der Waals surface area contributed by atoms with Crippen LogP contribution in [0.3, 0.4) is 0 Å². The lowest BCUT2D eigenvalue weighted by atomic mass is 9.84. The minimum atomic E-state index is 0.631. The lowest BCUT2D eigenvalue weighted by molar-refractivity contribution is 0.547. The molecule has 0 saturated carbocycles. The Bertz CT molecular complexity index is 2350. The highest BCUT2D eigenvalue weighted by Gasteiger charge is 2.29. The summed E-state index contributed by atoms with van der Waals surface area (Å²) in [5.41, 5.74) is 11.8. The minimum Gasteiger partial charge on any atom is -0.460 e. The van der Waals surface area contributed by atoms with Gasteiger partial charge in [-0.3, -0.25) is 0 Å². The average molecular weight is 630 g/mol. The molecular formula is C45H31N3O. The van der Waals surface area contributed by atoms with Gasteiger partial charge in [-0.2, -0.15) is 0 Å². The van der Waals surface area contributed by atoms with Crippen molar-refractivity contribution in [2.75, 3.05) is 0 Å². The highest BCUT2D eigenvalue weighted by molar-refractivity contribution is 6.06. The second-order valence-electron chi connectivity index (χ2n) is 12.3. The molecule has 0 bridgehead atoms. The minimum absolute atomic E-state index is 0.631. The van der Waals surface area contributed by atoms with E-state index in [0.717, 1.165) is 68.5 Å². The van der Waals surface area contributed by atoms with Gasteiger partial charge in [-0.25, -0.2) is 15.0 Å². The zero-order valence-corrected chi connectivity index (χ0v) is 26.8. The van der Waals surface area contributed by atoms with Crippen LogP contribution in [0, 0.1) is 0 Å². The first-order chi connectivity index (χ1) is 24.3. The number of fused-ring (bicyclic) bond motifs is 3. The highest BCUT2D eigenvalue weighted by atomic mass is 16.3. The topological polar surface area (TPSA) is 51.8 Å². The van der Waals surface area contributed by atoms with Gasteiger partial charge < -0.3 is 4.42 Å². The van der Waals surface area contributed by atoms with E-state index in [1.54, 1.807) is 0 Å². The van der Waals surface area contributed by atoms with E-state index in [9.17, 15) is 0 Å². The number of hydrogen-bond acceptors (Lipinski definition) is 4. The first kappa shape index (κ1) is 28.8. The van der Waals surface area contributed by atoms with Gasteiger partial charge in [0.15, 0.2) is 17.5 Å². The molecule has 0 radical (unpaired) electrons. The van der Waals surface area contributed by atoms with Gasteiger partial charge in [-0.1, -0.05) is 158 Å². The Hall–Kier alpha value is -6.39. The molecule has 2 heterocycles. The monoisotopic (exact) mass is 629 g/mol. The van der Waals surface area contributed by atoms with E-state index in [4.69, 9.17) is 19.4 Å². The van der Waals surface area contributed by atoms with E-state index in [2.05, 4.69) is 140 Å². The van der Waals surface area contributed by atoms with Gasteiger partial charge in [-0.15, -0.1) is 0 Å². The molecule has 8 aromatic rings. The molecule has 1 aliphatic rings. The number of allylic oxidation sites excluding steroid dienone is 1. The van der Waals surface area contributed by atoms with Crippen molar-refractivity contribution in [3.8, 4) is 45.0 Å². The quantitative estimate of drug-likeness (QED) is 0.184. The van der Waals surface area contributed by atoms with Crippen LogP contribution < -0.4 is 0 Å². The zero-order valence-electron chi connectivity index (χ0n) is 26.8. The SMILES string of the molecule is c1ccc(C2=C(c3nc(-c4ccc(-c5ccccc5)cc4)nc(-c4ccc(-c5ccccc5)cc4)n3)c3c(oc4ccccc34)CC2)cc1. The molecule has 0 aliphatic heterocycles. The van der Waals surface area contributed by atoms with Gasteiger partial charge in [-0.05, 0) is 45.9 Å². The Balaban J connectivity index is 1.25. The Morgan fingerprint density at radius 2 is 0.796 bits per heavy atom. The van der Waals surface area contributed by atoms with Gasteiger partial charge in [0, 0.05) is 34.1 Å². The number of aryl methyl sites for hydroxylation is 1. The molecule has 6 aromatic carbocycles. The molecular weight excluding hydrogens is 599 g/mol. The lowest BCUT2D eigenvalue weighted by Gasteiger charge is -2.21. The Labute approximate surface area is 285 Å². The molecule has 232 valence electrons. The van der Waals surface area contributed by atoms with Crippen molar-refractivity contribution < 1.29 is 4.42 Å². The van der Waals surface area contributed by atoms with Crippen LogP contribution in [0.2, 0.25) is 0 Å². The average Bonchev–Trinajstić information content (AvgIpc) is 3.57. The van der Waals surface area contributed by atoms with Crippen molar-refractivity contribution in [2.24, 2.45) is 0 Å². The second-order valence-corrected chi connectivity index (χ2v) is 12.3. The van der Waals surface area contributed by atoms with E-state index in [-0.39, 0.29) is 0 Å². The summed E-state index contributed by atoms with van der Waals surface area (Å²) in [4.78, 5) is 15.6. The van der Waals surface area contributed by atoms with Crippen molar-refractivity contribution in [3.05, 3.63) is 187 Å². The van der Waals surface area contributed by atoms with Gasteiger partial charge in [0.25, 0.3) is 0 Å². The van der Waals surface area contributed by atoms with Crippen LogP contribution in [0.1, 0.15) is 29.1 Å². The molecule has 0 saturated heterocycles. The maximum Gasteiger partial charge on any atom is 0.165 e. The highest BCUT2D eigenvalue weighted by Crippen LogP contribution is 2.45. The molecule has 0 atom stereocenters. The molecule has 1 aliphatic carbocycles. The van der Waals surface area contributed by atoms with Crippen molar-refractivity contribution >= 4 is 22.1 Å². The van der Waals surface area contributed by atoms with Crippen molar-refractivity contribution in [1.82, 2.24) is 15.0 Å². The van der Waals surface area contributed by atoms with E-state index < -0.39 is 0 Å². The van der Waals surface area contributed by atoms with E-state index in [1.165, 1.54) is 16.7 Å². The molecule has 0 spiro atoms. The molecule has 4 heteroatoms. The number of nitrogens with zero attached hydrogens (tertiary/aromatic N) is 3. The Morgan fingerprint density at radius 1 is 0.367 bits per heavy atom. The molecule has 0 fully saturated rings. The third kappa shape index (κ3) is 5.43. The van der Waals surface area contributed by atoms with Crippen LogP contribution >= 0.6 is 0 Å². The van der Waals surface area contributed by atoms with Gasteiger partial charge >= 0.3 is 0 Å². The largest absolute Gasteiger partial charge is 0.460 e. The molecule has 2 aromatic heterocycles. The van der Waals surface area contributed by atoms with Gasteiger partial charge in [0.1, 0.15) is 11.3 Å². The van der Waals surface area contributed by atoms with Crippen molar-refractivity contribution in [2.45, 2.75) is 12.8 Å². The summed E-state index contributed by atoms with van der Waals surface area (Å²) in [6, 6.07) is 56.7. The summed E-state index contributed by atoms with van der Waals surface area (Å²) in [7, 11) is 0. The molecule has 9 rings (SSSR count). The van der Waals surface area contributed by atoms with Crippen LogP contribution in [-0.2, 0) is 6.42 Å². The molecule has 49 heavy (non-hydrogen) atoms. The predicted molar refractivity (Wildman–Crippen MR) is 198 cm³/mol. The normalized spacial score (nSPS) is 12.7. The fourth-order valence-electron chi connectivity index (χ4n) is 6.87. The number of furan rings is 1. The first-order valence-corrected chi connectivity index (χ1v) is 16.7. The van der Waals surface area contributed by atoms with Crippen LogP contribution in [0.4, 0.5) is 0 Å². The third-order valence-corrected chi connectivity index (χ3v) is 9.30. The van der Waals surface area contributed by atoms with Gasteiger partial charge in [0.05, 0.1) is 0 Å². The maximum absolute atomic E-state index is 6.46. The molecule has 0 N–H and O–H groups in total. The fourth-order valence-corrected chi connectivity index (χ4v) is 6.87. The number of hydrogen-bond donors (Lipinski definition) is 0. The van der Waals surface area contributed by atoms with Crippen LogP contribution in [0.5, 0.6) is 0 Å².